The summed E-state index contributed by atoms with van der Waals surface area (Å²) < 4.78 is 26.1. The lowest BCUT2D eigenvalue weighted by Crippen LogP contribution is -2.43. The first-order chi connectivity index (χ1) is 10.7. The van der Waals surface area contributed by atoms with Crippen molar-refractivity contribution in [1.82, 2.24) is 5.32 Å². The Morgan fingerprint density at radius 3 is 2.64 bits per heavy atom. The van der Waals surface area contributed by atoms with Crippen LogP contribution in [-0.2, 0) is 4.74 Å². The molecule has 5 heteroatoms. The van der Waals surface area contributed by atoms with Crippen LogP contribution in [0.1, 0.15) is 11.7 Å². The van der Waals surface area contributed by atoms with Gasteiger partial charge >= 0.3 is 0 Å². The van der Waals surface area contributed by atoms with E-state index >= 15 is 0 Å². The molecule has 2 aromatic carbocycles. The number of halogens is 2. The normalized spacial score (nSPS) is 19.6. The molecule has 22 heavy (non-hydrogen) atoms. The second-order valence-electron chi connectivity index (χ2n) is 5.13. The number of hydrogen-bond donors (Lipinski definition) is 1. The minimum Gasteiger partial charge on any atom is -0.482 e. The van der Waals surface area contributed by atoms with E-state index in [2.05, 4.69) is 21.2 Å². The standard InChI is InChI=1S/C17H17BrFNO2/c18-14-3-1-2-4-15(14)22-17(16-11-20-9-10-21-16)12-5-7-13(19)8-6-12/h1-8,16-17,20H,9-11H2. The Labute approximate surface area is 137 Å². The third-order valence-corrected chi connectivity index (χ3v) is 4.24. The number of morpholine rings is 1. The van der Waals surface area contributed by atoms with Crippen molar-refractivity contribution in [2.45, 2.75) is 12.2 Å². The summed E-state index contributed by atoms with van der Waals surface area (Å²) in [7, 11) is 0. The van der Waals surface area contributed by atoms with E-state index in [4.69, 9.17) is 9.47 Å². The van der Waals surface area contributed by atoms with E-state index in [0.29, 0.717) is 13.2 Å². The Hall–Kier alpha value is -1.43. The lowest BCUT2D eigenvalue weighted by Gasteiger charge is -2.32. The van der Waals surface area contributed by atoms with E-state index in [-0.39, 0.29) is 18.0 Å². The lowest BCUT2D eigenvalue weighted by molar-refractivity contribution is -0.0434. The largest absolute Gasteiger partial charge is 0.482 e. The van der Waals surface area contributed by atoms with Crippen LogP contribution in [0.3, 0.4) is 0 Å². The van der Waals surface area contributed by atoms with Crippen molar-refractivity contribution in [1.29, 1.82) is 0 Å². The summed E-state index contributed by atoms with van der Waals surface area (Å²) in [5.41, 5.74) is 0.894. The fourth-order valence-corrected chi connectivity index (χ4v) is 2.85. The molecule has 2 unspecified atom stereocenters. The molecule has 0 saturated carbocycles. The van der Waals surface area contributed by atoms with Gasteiger partial charge in [-0.25, -0.2) is 4.39 Å². The maximum absolute atomic E-state index is 13.2. The van der Waals surface area contributed by atoms with Gasteiger partial charge in [-0.05, 0) is 45.8 Å². The number of benzene rings is 2. The molecule has 1 fully saturated rings. The van der Waals surface area contributed by atoms with Crippen LogP contribution in [-0.4, -0.2) is 25.8 Å². The molecule has 1 heterocycles. The van der Waals surface area contributed by atoms with Gasteiger partial charge in [0.1, 0.15) is 17.7 Å². The summed E-state index contributed by atoms with van der Waals surface area (Å²) in [6.07, 6.45) is -0.418. The molecule has 1 saturated heterocycles. The molecule has 3 nitrogen and oxygen atoms in total. The van der Waals surface area contributed by atoms with Crippen molar-refractivity contribution in [3.05, 3.63) is 64.4 Å². The minimum atomic E-state index is -0.299. The smallest absolute Gasteiger partial charge is 0.151 e. The van der Waals surface area contributed by atoms with E-state index in [1.165, 1.54) is 12.1 Å². The topological polar surface area (TPSA) is 30.5 Å². The van der Waals surface area contributed by atoms with Crippen molar-refractivity contribution in [3.8, 4) is 5.75 Å². The van der Waals surface area contributed by atoms with Crippen LogP contribution < -0.4 is 10.1 Å². The summed E-state index contributed by atoms with van der Waals surface area (Å²) in [5.74, 6) is 0.483. The molecule has 1 aliphatic heterocycles. The highest BCUT2D eigenvalue weighted by atomic mass is 79.9. The molecular weight excluding hydrogens is 349 g/mol. The van der Waals surface area contributed by atoms with Crippen molar-refractivity contribution >= 4 is 15.9 Å². The van der Waals surface area contributed by atoms with Gasteiger partial charge in [-0.3, -0.25) is 0 Å². The molecule has 0 spiro atoms. The quantitative estimate of drug-likeness (QED) is 0.895. The molecule has 1 aliphatic rings. The van der Waals surface area contributed by atoms with Gasteiger partial charge in [0, 0.05) is 13.1 Å². The van der Waals surface area contributed by atoms with Crippen LogP contribution in [0.15, 0.2) is 53.0 Å². The minimum absolute atomic E-state index is 0.119. The molecule has 0 aliphatic carbocycles. The molecule has 0 radical (unpaired) electrons. The Balaban J connectivity index is 1.88. The van der Waals surface area contributed by atoms with E-state index in [1.54, 1.807) is 12.1 Å². The van der Waals surface area contributed by atoms with Crippen LogP contribution in [0.4, 0.5) is 4.39 Å². The Bertz CT molecular complexity index is 614. The van der Waals surface area contributed by atoms with Crippen LogP contribution in [0, 0.1) is 5.82 Å². The molecule has 0 bridgehead atoms. The summed E-state index contributed by atoms with van der Waals surface area (Å²) >= 11 is 3.49. The maximum atomic E-state index is 13.2. The van der Waals surface area contributed by atoms with Gasteiger partial charge < -0.3 is 14.8 Å². The Kier molecular flexibility index (Phi) is 5.08. The van der Waals surface area contributed by atoms with Gasteiger partial charge in [0.15, 0.2) is 6.10 Å². The Morgan fingerprint density at radius 2 is 1.95 bits per heavy atom. The molecule has 1 N–H and O–H groups in total. The predicted octanol–water partition coefficient (Wildman–Crippen LogP) is 3.70. The zero-order valence-electron chi connectivity index (χ0n) is 12.0. The monoisotopic (exact) mass is 365 g/mol. The molecular formula is C17H17BrFNO2. The maximum Gasteiger partial charge on any atom is 0.151 e. The Morgan fingerprint density at radius 1 is 1.18 bits per heavy atom. The number of nitrogens with one attached hydrogen (secondary N) is 1. The van der Waals surface area contributed by atoms with E-state index < -0.39 is 0 Å². The van der Waals surface area contributed by atoms with E-state index in [9.17, 15) is 4.39 Å². The summed E-state index contributed by atoms with van der Waals surface area (Å²) in [5, 5.41) is 3.31. The van der Waals surface area contributed by atoms with E-state index in [0.717, 1.165) is 22.3 Å². The SMILES string of the molecule is Fc1ccc(C(Oc2ccccc2Br)C2CNCCO2)cc1. The fraction of sp³-hybridized carbons (Fsp3) is 0.294. The van der Waals surface area contributed by atoms with Crippen LogP contribution in [0.5, 0.6) is 5.75 Å². The zero-order chi connectivity index (χ0) is 15.4. The number of ether oxygens (including phenoxy) is 2. The summed E-state index contributed by atoms with van der Waals surface area (Å²) in [6, 6.07) is 14.1. The second-order valence-corrected chi connectivity index (χ2v) is 5.99. The molecule has 3 rings (SSSR count). The van der Waals surface area contributed by atoms with Gasteiger partial charge in [-0.2, -0.15) is 0 Å². The molecule has 116 valence electrons. The first-order valence-corrected chi connectivity index (χ1v) is 8.02. The van der Waals surface area contributed by atoms with E-state index in [1.807, 2.05) is 24.3 Å². The summed E-state index contributed by atoms with van der Waals surface area (Å²) in [6.45, 7) is 2.18. The van der Waals surface area contributed by atoms with Crippen LogP contribution in [0.2, 0.25) is 0 Å². The average Bonchev–Trinajstić information content (AvgIpc) is 2.56. The molecule has 2 aromatic rings. The number of hydrogen-bond acceptors (Lipinski definition) is 3. The van der Waals surface area contributed by atoms with Crippen LogP contribution >= 0.6 is 15.9 Å². The van der Waals surface area contributed by atoms with Crippen molar-refractivity contribution in [2.24, 2.45) is 0 Å². The first kappa shape index (κ1) is 15.5. The van der Waals surface area contributed by atoms with Gasteiger partial charge in [0.2, 0.25) is 0 Å². The highest BCUT2D eigenvalue weighted by Gasteiger charge is 2.28. The van der Waals surface area contributed by atoms with Gasteiger partial charge in [-0.15, -0.1) is 0 Å². The van der Waals surface area contributed by atoms with Crippen molar-refractivity contribution in [3.63, 3.8) is 0 Å². The third-order valence-electron chi connectivity index (χ3n) is 3.58. The highest BCUT2D eigenvalue weighted by Crippen LogP contribution is 2.32. The first-order valence-electron chi connectivity index (χ1n) is 7.23. The van der Waals surface area contributed by atoms with Gasteiger partial charge in [-0.1, -0.05) is 24.3 Å². The second kappa shape index (κ2) is 7.22. The molecule has 2 atom stereocenters. The lowest BCUT2D eigenvalue weighted by atomic mass is 10.0. The van der Waals surface area contributed by atoms with Crippen LogP contribution in [0.25, 0.3) is 0 Å². The van der Waals surface area contributed by atoms with Crippen molar-refractivity contribution < 1.29 is 13.9 Å². The average molecular weight is 366 g/mol. The fourth-order valence-electron chi connectivity index (χ4n) is 2.47. The molecule has 0 aromatic heterocycles. The van der Waals surface area contributed by atoms with Gasteiger partial charge in [0.05, 0.1) is 11.1 Å². The van der Waals surface area contributed by atoms with Crippen molar-refractivity contribution in [2.75, 3.05) is 19.7 Å². The predicted molar refractivity (Wildman–Crippen MR) is 86.5 cm³/mol. The molecule has 0 amide bonds. The zero-order valence-corrected chi connectivity index (χ0v) is 13.6. The highest BCUT2D eigenvalue weighted by molar-refractivity contribution is 9.10. The third kappa shape index (κ3) is 3.66. The summed E-state index contributed by atoms with van der Waals surface area (Å²) in [4.78, 5) is 0. The number of rotatable bonds is 4. The van der Waals surface area contributed by atoms with Gasteiger partial charge in [0.25, 0.3) is 0 Å². The number of para-hydroxylation sites is 1.